The van der Waals surface area contributed by atoms with Crippen LogP contribution in [-0.4, -0.2) is 35.4 Å². The molecular weight excluding hydrogens is 240 g/mol. The lowest BCUT2D eigenvalue weighted by molar-refractivity contribution is -0.130. The van der Waals surface area contributed by atoms with Crippen molar-refractivity contribution in [1.82, 2.24) is 9.88 Å². The van der Waals surface area contributed by atoms with Gasteiger partial charge in [0.05, 0.1) is 5.56 Å². The summed E-state index contributed by atoms with van der Waals surface area (Å²) in [5.41, 5.74) is 1.42. The minimum Gasteiger partial charge on any atom is -0.368 e. The first kappa shape index (κ1) is 15.0. The molecule has 0 saturated heterocycles. The van der Waals surface area contributed by atoms with Gasteiger partial charge in [-0.1, -0.05) is 0 Å². The number of nitrogens with one attached hydrogen (secondary N) is 1. The highest BCUT2D eigenvalue weighted by molar-refractivity contribution is 5.76. The molecule has 5 nitrogen and oxygen atoms in total. The summed E-state index contributed by atoms with van der Waals surface area (Å²) in [5, 5.41) is 12.1. The molecule has 0 aliphatic rings. The lowest BCUT2D eigenvalue weighted by atomic mass is 10.1. The number of aryl methyl sites for hydroxylation is 1. The highest BCUT2D eigenvalue weighted by Gasteiger charge is 2.10. The van der Waals surface area contributed by atoms with Gasteiger partial charge < -0.3 is 10.2 Å². The third-order valence-electron chi connectivity index (χ3n) is 3.02. The van der Waals surface area contributed by atoms with Crippen LogP contribution in [0.2, 0.25) is 0 Å². The van der Waals surface area contributed by atoms with Gasteiger partial charge in [-0.2, -0.15) is 5.26 Å². The molecule has 1 N–H and O–H groups in total. The number of pyridine rings is 1. The Labute approximate surface area is 114 Å². The molecule has 0 bridgehead atoms. The van der Waals surface area contributed by atoms with Gasteiger partial charge in [-0.3, -0.25) is 4.79 Å². The number of rotatable bonds is 6. The summed E-state index contributed by atoms with van der Waals surface area (Å²) >= 11 is 0. The zero-order valence-corrected chi connectivity index (χ0v) is 11.7. The normalized spacial score (nSPS) is 9.79. The van der Waals surface area contributed by atoms with Crippen molar-refractivity contribution in [3.8, 4) is 6.07 Å². The molecule has 1 heterocycles. The van der Waals surface area contributed by atoms with Gasteiger partial charge in [0, 0.05) is 32.3 Å². The second-order valence-corrected chi connectivity index (χ2v) is 4.21. The second-order valence-electron chi connectivity index (χ2n) is 4.21. The van der Waals surface area contributed by atoms with Crippen molar-refractivity contribution < 1.29 is 4.79 Å². The summed E-state index contributed by atoms with van der Waals surface area (Å²) < 4.78 is 0. The van der Waals surface area contributed by atoms with E-state index in [0.29, 0.717) is 24.3 Å². The number of nitrogens with zero attached hydrogens (tertiary/aromatic N) is 3. The Hall–Kier alpha value is -2.09. The molecule has 0 atom stereocenters. The van der Waals surface area contributed by atoms with Crippen LogP contribution in [0.3, 0.4) is 0 Å². The molecule has 1 amide bonds. The van der Waals surface area contributed by atoms with Crippen molar-refractivity contribution in [2.75, 3.05) is 25.0 Å². The highest BCUT2D eigenvalue weighted by atomic mass is 16.2. The summed E-state index contributed by atoms with van der Waals surface area (Å²) in [5.74, 6) is 0.665. The Morgan fingerprint density at radius 2 is 2.16 bits per heavy atom. The van der Waals surface area contributed by atoms with Crippen LogP contribution in [0.15, 0.2) is 12.3 Å². The maximum atomic E-state index is 11.8. The maximum Gasteiger partial charge on any atom is 0.224 e. The Morgan fingerprint density at radius 1 is 1.47 bits per heavy atom. The van der Waals surface area contributed by atoms with Gasteiger partial charge in [-0.15, -0.1) is 0 Å². The fourth-order valence-electron chi connectivity index (χ4n) is 1.86. The summed E-state index contributed by atoms with van der Waals surface area (Å²) in [7, 11) is 0. The predicted molar refractivity (Wildman–Crippen MR) is 74.7 cm³/mol. The number of hydrogen-bond acceptors (Lipinski definition) is 4. The number of amides is 1. The largest absolute Gasteiger partial charge is 0.368 e. The van der Waals surface area contributed by atoms with Crippen molar-refractivity contribution in [3.05, 3.63) is 23.4 Å². The van der Waals surface area contributed by atoms with Crippen LogP contribution >= 0.6 is 0 Å². The predicted octanol–water partition coefficient (Wildman–Crippen LogP) is 1.93. The minimum absolute atomic E-state index is 0.115. The SMILES string of the molecule is CCN(CC)C(=O)CCNc1nccc(C)c1C#N. The molecule has 5 heteroatoms. The molecule has 0 spiro atoms. The Balaban J connectivity index is 2.57. The van der Waals surface area contributed by atoms with E-state index < -0.39 is 0 Å². The van der Waals surface area contributed by atoms with Gasteiger partial charge >= 0.3 is 0 Å². The number of anilines is 1. The maximum absolute atomic E-state index is 11.8. The molecule has 102 valence electrons. The highest BCUT2D eigenvalue weighted by Crippen LogP contribution is 2.14. The number of aromatic nitrogens is 1. The van der Waals surface area contributed by atoms with Gasteiger partial charge in [0.1, 0.15) is 11.9 Å². The fraction of sp³-hybridized carbons (Fsp3) is 0.500. The Morgan fingerprint density at radius 3 is 2.74 bits per heavy atom. The number of carbonyl (C=O) groups is 1. The van der Waals surface area contributed by atoms with E-state index in [-0.39, 0.29) is 5.91 Å². The van der Waals surface area contributed by atoms with Crippen LogP contribution in [0.1, 0.15) is 31.4 Å². The van der Waals surface area contributed by atoms with Gasteiger partial charge in [0.2, 0.25) is 5.91 Å². The summed E-state index contributed by atoms with van der Waals surface area (Å²) in [6.07, 6.45) is 2.06. The van der Waals surface area contributed by atoms with Crippen LogP contribution in [0.4, 0.5) is 5.82 Å². The molecule has 0 aliphatic heterocycles. The van der Waals surface area contributed by atoms with Gasteiger partial charge in [-0.25, -0.2) is 4.98 Å². The lowest BCUT2D eigenvalue weighted by Crippen LogP contribution is -2.31. The van der Waals surface area contributed by atoms with Crippen molar-refractivity contribution >= 4 is 11.7 Å². The molecule has 1 aromatic rings. The average molecular weight is 260 g/mol. The van der Waals surface area contributed by atoms with E-state index in [4.69, 9.17) is 5.26 Å². The zero-order chi connectivity index (χ0) is 14.3. The van der Waals surface area contributed by atoms with Crippen molar-refractivity contribution in [2.45, 2.75) is 27.2 Å². The van der Waals surface area contributed by atoms with Gasteiger partial charge in [0.25, 0.3) is 0 Å². The summed E-state index contributed by atoms with van der Waals surface area (Å²) in [4.78, 5) is 17.7. The molecule has 0 unspecified atom stereocenters. The minimum atomic E-state index is 0.115. The monoisotopic (exact) mass is 260 g/mol. The fourth-order valence-corrected chi connectivity index (χ4v) is 1.86. The molecule has 0 saturated carbocycles. The van der Waals surface area contributed by atoms with Crippen LogP contribution < -0.4 is 5.32 Å². The molecule has 0 fully saturated rings. The third-order valence-corrected chi connectivity index (χ3v) is 3.02. The summed E-state index contributed by atoms with van der Waals surface area (Å²) in [6.45, 7) is 7.73. The molecule has 19 heavy (non-hydrogen) atoms. The van der Waals surface area contributed by atoms with Crippen molar-refractivity contribution in [3.63, 3.8) is 0 Å². The third kappa shape index (κ3) is 3.95. The molecule has 1 aromatic heterocycles. The average Bonchev–Trinajstić information content (AvgIpc) is 2.40. The van der Waals surface area contributed by atoms with Crippen LogP contribution in [0.5, 0.6) is 0 Å². The van der Waals surface area contributed by atoms with E-state index in [2.05, 4.69) is 16.4 Å². The first-order valence-corrected chi connectivity index (χ1v) is 6.51. The lowest BCUT2D eigenvalue weighted by Gasteiger charge is -2.18. The van der Waals surface area contributed by atoms with Crippen LogP contribution in [0.25, 0.3) is 0 Å². The van der Waals surface area contributed by atoms with E-state index in [1.807, 2.05) is 20.8 Å². The number of carbonyl (C=O) groups excluding carboxylic acids is 1. The van der Waals surface area contributed by atoms with E-state index in [0.717, 1.165) is 18.7 Å². The first-order valence-electron chi connectivity index (χ1n) is 6.51. The standard InChI is InChI=1S/C14H20N4O/c1-4-18(5-2)13(19)7-9-17-14-12(10-15)11(3)6-8-16-14/h6,8H,4-5,7,9H2,1-3H3,(H,16,17). The van der Waals surface area contributed by atoms with Crippen molar-refractivity contribution in [1.29, 1.82) is 5.26 Å². The van der Waals surface area contributed by atoms with E-state index in [1.54, 1.807) is 17.2 Å². The van der Waals surface area contributed by atoms with Crippen LogP contribution in [-0.2, 0) is 4.79 Å². The van der Waals surface area contributed by atoms with Crippen molar-refractivity contribution in [2.24, 2.45) is 0 Å². The molecule has 0 aliphatic carbocycles. The molecule has 0 aromatic carbocycles. The molecule has 0 radical (unpaired) electrons. The van der Waals surface area contributed by atoms with E-state index in [1.165, 1.54) is 0 Å². The Kier molecular flexibility index (Phi) is 5.80. The smallest absolute Gasteiger partial charge is 0.224 e. The molecular formula is C14H20N4O. The summed E-state index contributed by atoms with van der Waals surface area (Å²) in [6, 6.07) is 3.92. The number of nitriles is 1. The van der Waals surface area contributed by atoms with E-state index >= 15 is 0 Å². The van der Waals surface area contributed by atoms with E-state index in [9.17, 15) is 4.79 Å². The quantitative estimate of drug-likeness (QED) is 0.848. The topological polar surface area (TPSA) is 69.0 Å². The van der Waals surface area contributed by atoms with Gasteiger partial charge in [0.15, 0.2) is 0 Å². The zero-order valence-electron chi connectivity index (χ0n) is 11.7. The van der Waals surface area contributed by atoms with Crippen LogP contribution in [0, 0.1) is 18.3 Å². The second kappa shape index (κ2) is 7.37. The first-order chi connectivity index (χ1) is 9.13. The molecule has 1 rings (SSSR count). The Bertz CT molecular complexity index is 475. The van der Waals surface area contributed by atoms with Gasteiger partial charge in [-0.05, 0) is 32.4 Å². The number of hydrogen-bond donors (Lipinski definition) is 1.